The van der Waals surface area contributed by atoms with E-state index in [4.69, 9.17) is 9.40 Å². The molecule has 0 N–H and O–H groups in total. The summed E-state index contributed by atoms with van der Waals surface area (Å²) in [6, 6.07) is 35.4. The van der Waals surface area contributed by atoms with Crippen molar-refractivity contribution in [1.29, 1.82) is 0 Å². The molecule has 3 heterocycles. The number of hydrogen-bond donors (Lipinski definition) is 0. The number of benzene rings is 3. The molecular formula is C30H20N2O. The second-order valence-corrected chi connectivity index (χ2v) is 7.95. The van der Waals surface area contributed by atoms with Gasteiger partial charge in [-0.2, -0.15) is 0 Å². The molecule has 3 aromatic carbocycles. The molecule has 0 bridgehead atoms. The number of fused-ring (bicyclic) bond motifs is 1. The number of rotatable bonds is 4. The van der Waals surface area contributed by atoms with Crippen molar-refractivity contribution in [3.05, 3.63) is 122 Å². The maximum absolute atomic E-state index is 6.06. The molecule has 0 amide bonds. The van der Waals surface area contributed by atoms with Gasteiger partial charge < -0.3 is 4.42 Å². The Morgan fingerprint density at radius 1 is 0.515 bits per heavy atom. The molecule has 0 aliphatic rings. The van der Waals surface area contributed by atoms with Crippen LogP contribution in [0.1, 0.15) is 0 Å². The summed E-state index contributed by atoms with van der Waals surface area (Å²) in [5.41, 5.74) is 8.55. The highest BCUT2D eigenvalue weighted by molar-refractivity contribution is 5.88. The molecule has 0 atom stereocenters. The molecule has 156 valence electrons. The third-order valence-corrected chi connectivity index (χ3v) is 5.84. The Balaban J connectivity index is 1.41. The van der Waals surface area contributed by atoms with Crippen molar-refractivity contribution in [2.45, 2.75) is 0 Å². The van der Waals surface area contributed by atoms with Crippen molar-refractivity contribution in [3.8, 4) is 44.8 Å². The fourth-order valence-electron chi connectivity index (χ4n) is 4.21. The standard InChI is InChI=1S/C30H20N2O/c1-2-6-21(7-3-1)27-10-5-15-32-30(27)25-9-4-8-23(18-25)24-11-12-28-26(19-24)20-29(33-28)22-13-16-31-17-14-22/h1-20H. The van der Waals surface area contributed by atoms with Gasteiger partial charge in [0.15, 0.2) is 0 Å². The highest BCUT2D eigenvalue weighted by Gasteiger charge is 2.11. The summed E-state index contributed by atoms with van der Waals surface area (Å²) < 4.78 is 6.06. The molecule has 0 saturated heterocycles. The second-order valence-electron chi connectivity index (χ2n) is 7.95. The molecule has 0 fully saturated rings. The van der Waals surface area contributed by atoms with E-state index in [1.54, 1.807) is 12.4 Å². The van der Waals surface area contributed by atoms with Crippen LogP contribution in [0.15, 0.2) is 126 Å². The monoisotopic (exact) mass is 424 g/mol. The molecule has 0 unspecified atom stereocenters. The van der Waals surface area contributed by atoms with E-state index >= 15 is 0 Å². The van der Waals surface area contributed by atoms with Crippen LogP contribution in [-0.4, -0.2) is 9.97 Å². The van der Waals surface area contributed by atoms with Crippen LogP contribution in [0.5, 0.6) is 0 Å². The molecule has 3 heteroatoms. The lowest BCUT2D eigenvalue weighted by atomic mass is 9.96. The van der Waals surface area contributed by atoms with Crippen molar-refractivity contribution in [1.82, 2.24) is 9.97 Å². The number of aromatic nitrogens is 2. The van der Waals surface area contributed by atoms with Gasteiger partial charge in [0.1, 0.15) is 11.3 Å². The molecule has 33 heavy (non-hydrogen) atoms. The second kappa shape index (κ2) is 8.21. The maximum atomic E-state index is 6.06. The summed E-state index contributed by atoms with van der Waals surface area (Å²) in [4.78, 5) is 8.82. The molecule has 0 aliphatic carbocycles. The quantitative estimate of drug-likeness (QED) is 0.289. The molecular weight excluding hydrogens is 404 g/mol. The van der Waals surface area contributed by atoms with E-state index in [9.17, 15) is 0 Å². The first-order chi connectivity index (χ1) is 16.3. The van der Waals surface area contributed by atoms with E-state index in [2.05, 4.69) is 77.8 Å². The average molecular weight is 425 g/mol. The Bertz CT molecular complexity index is 1550. The molecule has 6 aromatic rings. The van der Waals surface area contributed by atoms with Crippen molar-refractivity contribution in [3.63, 3.8) is 0 Å². The molecule has 3 aromatic heterocycles. The van der Waals surface area contributed by atoms with E-state index in [1.165, 1.54) is 0 Å². The molecule has 3 nitrogen and oxygen atoms in total. The summed E-state index contributed by atoms with van der Waals surface area (Å²) in [5.74, 6) is 0.847. The van der Waals surface area contributed by atoms with Crippen LogP contribution in [0.2, 0.25) is 0 Å². The van der Waals surface area contributed by atoms with Crippen molar-refractivity contribution in [2.24, 2.45) is 0 Å². The minimum absolute atomic E-state index is 0.847. The number of pyridine rings is 2. The van der Waals surface area contributed by atoms with Gasteiger partial charge in [-0.15, -0.1) is 0 Å². The van der Waals surface area contributed by atoms with Crippen molar-refractivity contribution < 1.29 is 4.42 Å². The van der Waals surface area contributed by atoms with Crippen LogP contribution in [0.3, 0.4) is 0 Å². The minimum atomic E-state index is 0.847. The lowest BCUT2D eigenvalue weighted by Crippen LogP contribution is -1.89. The molecule has 0 saturated carbocycles. The third-order valence-electron chi connectivity index (χ3n) is 5.84. The topological polar surface area (TPSA) is 38.9 Å². The first kappa shape index (κ1) is 19.2. The zero-order valence-electron chi connectivity index (χ0n) is 17.8. The first-order valence-electron chi connectivity index (χ1n) is 10.9. The fourth-order valence-corrected chi connectivity index (χ4v) is 4.21. The van der Waals surface area contributed by atoms with Gasteiger partial charge in [0, 0.05) is 40.7 Å². The highest BCUT2D eigenvalue weighted by atomic mass is 16.3. The molecule has 0 aliphatic heterocycles. The Kier molecular flexibility index (Phi) is 4.78. The number of nitrogens with zero attached hydrogens (tertiary/aromatic N) is 2. The van der Waals surface area contributed by atoms with Crippen molar-refractivity contribution in [2.75, 3.05) is 0 Å². The smallest absolute Gasteiger partial charge is 0.135 e. The lowest BCUT2D eigenvalue weighted by molar-refractivity contribution is 0.631. The van der Waals surface area contributed by atoms with Crippen LogP contribution in [0.4, 0.5) is 0 Å². The maximum Gasteiger partial charge on any atom is 0.135 e. The van der Waals surface area contributed by atoms with E-state index in [1.807, 2.05) is 36.5 Å². The van der Waals surface area contributed by atoms with Crippen LogP contribution in [0.25, 0.3) is 55.8 Å². The molecule has 0 spiro atoms. The SMILES string of the molecule is c1ccc(-c2cccnc2-c2cccc(-c3ccc4oc(-c5ccncc5)cc4c3)c2)cc1. The Labute approximate surface area is 192 Å². The van der Waals surface area contributed by atoms with Gasteiger partial charge in [-0.05, 0) is 59.2 Å². The van der Waals surface area contributed by atoms with E-state index in [-0.39, 0.29) is 0 Å². The van der Waals surface area contributed by atoms with Gasteiger partial charge in [0.25, 0.3) is 0 Å². The lowest BCUT2D eigenvalue weighted by Gasteiger charge is -2.10. The minimum Gasteiger partial charge on any atom is -0.456 e. The summed E-state index contributed by atoms with van der Waals surface area (Å²) in [7, 11) is 0. The normalized spacial score (nSPS) is 11.0. The zero-order valence-corrected chi connectivity index (χ0v) is 17.8. The Morgan fingerprint density at radius 3 is 2.18 bits per heavy atom. The highest BCUT2D eigenvalue weighted by Crippen LogP contribution is 2.34. The number of hydrogen-bond acceptors (Lipinski definition) is 3. The molecule has 6 rings (SSSR count). The number of furan rings is 1. The predicted octanol–water partition coefficient (Wildman–Crippen LogP) is 7.89. The predicted molar refractivity (Wildman–Crippen MR) is 134 cm³/mol. The Morgan fingerprint density at radius 2 is 1.30 bits per heavy atom. The summed E-state index contributed by atoms with van der Waals surface area (Å²) in [5, 5.41) is 1.08. The van der Waals surface area contributed by atoms with Crippen molar-refractivity contribution >= 4 is 11.0 Å². The van der Waals surface area contributed by atoms with Gasteiger partial charge in [-0.1, -0.05) is 60.7 Å². The van der Waals surface area contributed by atoms with Crippen LogP contribution in [0, 0.1) is 0 Å². The third kappa shape index (κ3) is 3.70. The van der Waals surface area contributed by atoms with Crippen LogP contribution in [-0.2, 0) is 0 Å². The van der Waals surface area contributed by atoms with Crippen LogP contribution < -0.4 is 0 Å². The molecule has 0 radical (unpaired) electrons. The largest absolute Gasteiger partial charge is 0.456 e. The summed E-state index contributed by atoms with van der Waals surface area (Å²) >= 11 is 0. The van der Waals surface area contributed by atoms with Crippen LogP contribution >= 0.6 is 0 Å². The first-order valence-corrected chi connectivity index (χ1v) is 10.9. The summed E-state index contributed by atoms with van der Waals surface area (Å²) in [6.45, 7) is 0. The fraction of sp³-hybridized carbons (Fsp3) is 0. The van der Waals surface area contributed by atoms with Gasteiger partial charge in [-0.25, -0.2) is 0 Å². The van der Waals surface area contributed by atoms with Gasteiger partial charge >= 0.3 is 0 Å². The van der Waals surface area contributed by atoms with E-state index in [0.29, 0.717) is 0 Å². The van der Waals surface area contributed by atoms with Gasteiger partial charge in [0.05, 0.1) is 5.69 Å². The Hall–Kier alpha value is -4.50. The van der Waals surface area contributed by atoms with E-state index < -0.39 is 0 Å². The van der Waals surface area contributed by atoms with Gasteiger partial charge in [-0.3, -0.25) is 9.97 Å². The van der Waals surface area contributed by atoms with E-state index in [0.717, 1.165) is 55.8 Å². The average Bonchev–Trinajstić information content (AvgIpc) is 3.33. The summed E-state index contributed by atoms with van der Waals surface area (Å²) in [6.07, 6.45) is 5.41. The zero-order chi connectivity index (χ0) is 22.0. The van der Waals surface area contributed by atoms with Gasteiger partial charge in [0.2, 0.25) is 0 Å².